The van der Waals surface area contributed by atoms with E-state index in [9.17, 15) is 13.2 Å². The van der Waals surface area contributed by atoms with E-state index in [1.807, 2.05) is 0 Å². The first-order valence-electron chi connectivity index (χ1n) is 15.7. The highest BCUT2D eigenvalue weighted by atomic mass is 19.2. The van der Waals surface area contributed by atoms with Gasteiger partial charge in [-0.25, -0.2) is 70.8 Å². The minimum absolute atomic E-state index is 0.204. The van der Waals surface area contributed by atoms with Crippen molar-refractivity contribution < 1.29 is 70.5 Å². The van der Waals surface area contributed by atoms with Crippen molar-refractivity contribution in [1.29, 1.82) is 0 Å². The molecule has 0 bridgehead atoms. The Morgan fingerprint density at radius 1 is 0.473 bits per heavy atom. The Labute approximate surface area is 301 Å². The predicted octanol–water partition coefficient (Wildman–Crippen LogP) is 9.18. The van der Waals surface area contributed by atoms with Gasteiger partial charge >= 0.3 is 0 Å². The summed E-state index contributed by atoms with van der Waals surface area (Å²) in [5.74, 6) is -49.9. The summed E-state index contributed by atoms with van der Waals surface area (Å²) in [7, 11) is 0. The van der Waals surface area contributed by atoms with Crippen LogP contribution in [0.15, 0.2) is 47.6 Å². The summed E-state index contributed by atoms with van der Waals surface area (Å²) in [6, 6.07) is 7.59. The van der Waals surface area contributed by atoms with E-state index in [4.69, 9.17) is 4.65 Å². The van der Waals surface area contributed by atoms with Gasteiger partial charge in [-0.2, -0.15) is 0 Å². The summed E-state index contributed by atoms with van der Waals surface area (Å²) in [6.45, 7) is 6.41. The number of aromatic nitrogens is 1. The summed E-state index contributed by atoms with van der Waals surface area (Å²) >= 11 is 0. The maximum Gasteiger partial charge on any atom is 0.267 e. The summed E-state index contributed by atoms with van der Waals surface area (Å²) < 4.78 is 236. The second kappa shape index (κ2) is 15.0. The van der Waals surface area contributed by atoms with Gasteiger partial charge in [0.1, 0.15) is 40.6 Å². The molecule has 0 radical (unpaired) electrons. The van der Waals surface area contributed by atoms with E-state index in [0.29, 0.717) is 0 Å². The number of aliphatic imine (C=N–C) groups is 1. The SMILES string of the molecule is CC(C)c1cccc(C(C)C)c1N=C(O[B-](c1c(F)c(F)c(F)c(F)c1F)(c1c(F)c(F)c(F)c(F)c1F)c1c(F)c(F)c(F)c(F)c1F)c1ccccn1. The summed E-state index contributed by atoms with van der Waals surface area (Å²) in [6.07, 6.45) is -5.51. The average molecular weight is 793 g/mol. The number of para-hydroxylation sites is 1. The predicted molar refractivity (Wildman–Crippen MR) is 169 cm³/mol. The third-order valence-corrected chi connectivity index (χ3v) is 8.68. The Morgan fingerprint density at radius 2 is 0.800 bits per heavy atom. The van der Waals surface area contributed by atoms with Gasteiger partial charge in [-0.15, -0.1) is 0 Å². The monoisotopic (exact) mass is 793 g/mol. The van der Waals surface area contributed by atoms with E-state index in [2.05, 4.69) is 9.98 Å². The molecule has 1 aromatic heterocycles. The molecule has 55 heavy (non-hydrogen) atoms. The molecule has 0 unspecified atom stereocenters. The Bertz CT molecular complexity index is 2110. The number of pyridine rings is 1. The number of hydrogen-bond donors (Lipinski definition) is 0. The van der Waals surface area contributed by atoms with Gasteiger partial charge in [-0.3, -0.25) is 4.98 Å². The van der Waals surface area contributed by atoms with Gasteiger partial charge < -0.3 is 4.65 Å². The van der Waals surface area contributed by atoms with E-state index in [1.165, 1.54) is 24.3 Å². The Hall–Kier alpha value is -5.49. The lowest BCUT2D eigenvalue weighted by molar-refractivity contribution is 0.374. The van der Waals surface area contributed by atoms with Gasteiger partial charge in [0.15, 0.2) is 58.3 Å². The molecule has 0 saturated carbocycles. The van der Waals surface area contributed by atoms with Crippen LogP contribution in [0.5, 0.6) is 0 Å². The highest BCUT2D eigenvalue weighted by Crippen LogP contribution is 2.36. The molecule has 4 aromatic carbocycles. The van der Waals surface area contributed by atoms with Crippen molar-refractivity contribution in [2.45, 2.75) is 39.5 Å². The lowest BCUT2D eigenvalue weighted by Crippen LogP contribution is -2.75. The molecule has 5 rings (SSSR count). The summed E-state index contributed by atoms with van der Waals surface area (Å²) in [5, 5.41) is 0. The van der Waals surface area contributed by atoms with Gasteiger partial charge in [0, 0.05) is 6.20 Å². The first-order chi connectivity index (χ1) is 25.7. The van der Waals surface area contributed by atoms with Crippen molar-refractivity contribution in [3.05, 3.63) is 147 Å². The topological polar surface area (TPSA) is 34.5 Å². The van der Waals surface area contributed by atoms with Gasteiger partial charge in [0.25, 0.3) is 6.35 Å². The van der Waals surface area contributed by atoms with E-state index < -0.39 is 133 Å². The summed E-state index contributed by atoms with van der Waals surface area (Å²) in [5.41, 5.74) is -9.30. The zero-order valence-electron chi connectivity index (χ0n) is 28.2. The number of rotatable bonds is 8. The lowest BCUT2D eigenvalue weighted by atomic mass is 9.27. The molecule has 0 fully saturated rings. The molecule has 0 amide bonds. The van der Waals surface area contributed by atoms with E-state index in [-0.39, 0.29) is 16.8 Å². The zero-order valence-corrected chi connectivity index (χ0v) is 28.2. The number of nitrogens with zero attached hydrogens (tertiary/aromatic N) is 2. The second-order valence-electron chi connectivity index (χ2n) is 12.6. The molecule has 5 aromatic rings. The molecule has 290 valence electrons. The third-order valence-electron chi connectivity index (χ3n) is 8.68. The lowest BCUT2D eigenvalue weighted by Gasteiger charge is -2.45. The van der Waals surface area contributed by atoms with Crippen LogP contribution in [-0.2, 0) is 4.65 Å². The molecule has 0 aliphatic heterocycles. The molecule has 0 spiro atoms. The van der Waals surface area contributed by atoms with Crippen LogP contribution in [0.1, 0.15) is 56.4 Å². The van der Waals surface area contributed by atoms with Crippen LogP contribution < -0.4 is 16.4 Å². The molecule has 0 N–H and O–H groups in total. The zero-order chi connectivity index (χ0) is 41.0. The third kappa shape index (κ3) is 6.46. The average Bonchev–Trinajstić information content (AvgIpc) is 3.16. The Kier molecular flexibility index (Phi) is 11.1. The molecule has 19 heteroatoms. The highest BCUT2D eigenvalue weighted by molar-refractivity contribution is 7.08. The first kappa shape index (κ1) is 40.7. The standard InChI is InChI=1S/C36H21BF15N2O/c1-12(2)14-8-7-9-15(13(3)4)35(14)54-36(16-10-5-6-11-53-16)55-37(17-20(38)26(44)32(50)27(45)21(17)39,18-22(40)28(46)33(51)29(47)23(18)41)19-24(42)30(48)34(52)31(49)25(19)43/h5-13H,1-4H3/q-1. The van der Waals surface area contributed by atoms with Crippen molar-refractivity contribution in [1.82, 2.24) is 4.98 Å². The van der Waals surface area contributed by atoms with Crippen LogP contribution >= 0.6 is 0 Å². The number of halogens is 15. The molecular weight excluding hydrogens is 772 g/mol. The van der Waals surface area contributed by atoms with Gasteiger partial charge in [0.05, 0.1) is 5.69 Å². The fraction of sp³-hybridized carbons (Fsp3) is 0.167. The van der Waals surface area contributed by atoms with Crippen molar-refractivity contribution in [2.24, 2.45) is 4.99 Å². The number of hydrogen-bond acceptors (Lipinski definition) is 3. The normalized spacial score (nSPS) is 12.3. The van der Waals surface area contributed by atoms with Crippen LogP contribution in [0.2, 0.25) is 0 Å². The van der Waals surface area contributed by atoms with Crippen LogP contribution in [-0.4, -0.2) is 17.2 Å². The second-order valence-corrected chi connectivity index (χ2v) is 12.6. The fourth-order valence-corrected chi connectivity index (χ4v) is 6.09. The van der Waals surface area contributed by atoms with E-state index in [1.54, 1.807) is 27.7 Å². The van der Waals surface area contributed by atoms with Crippen molar-refractivity contribution in [2.75, 3.05) is 0 Å². The van der Waals surface area contributed by atoms with Crippen molar-refractivity contribution >= 4 is 34.3 Å². The quantitative estimate of drug-likeness (QED) is 0.0393. The molecule has 0 atom stereocenters. The molecule has 0 saturated heterocycles. The molecular formula is C36H21BF15N2O-. The molecule has 3 nitrogen and oxygen atoms in total. The van der Waals surface area contributed by atoms with E-state index >= 15 is 52.7 Å². The van der Waals surface area contributed by atoms with Crippen LogP contribution in [0.25, 0.3) is 0 Å². The Balaban J connectivity index is 2.20. The van der Waals surface area contributed by atoms with Crippen LogP contribution in [0, 0.1) is 87.3 Å². The molecule has 0 aliphatic carbocycles. The van der Waals surface area contributed by atoms with Crippen LogP contribution in [0.4, 0.5) is 71.5 Å². The van der Waals surface area contributed by atoms with Crippen molar-refractivity contribution in [3.63, 3.8) is 0 Å². The van der Waals surface area contributed by atoms with Gasteiger partial charge in [-0.05, 0) is 35.1 Å². The Morgan fingerprint density at radius 3 is 1.09 bits per heavy atom. The van der Waals surface area contributed by atoms with Crippen LogP contribution in [0.3, 0.4) is 0 Å². The molecule has 0 aliphatic rings. The van der Waals surface area contributed by atoms with E-state index in [0.717, 1.165) is 18.3 Å². The largest absolute Gasteiger partial charge is 0.687 e. The maximum absolute atomic E-state index is 16.1. The minimum Gasteiger partial charge on any atom is -0.687 e. The van der Waals surface area contributed by atoms with Crippen molar-refractivity contribution in [3.8, 4) is 0 Å². The summed E-state index contributed by atoms with van der Waals surface area (Å²) in [4.78, 5) is 8.06. The molecule has 1 heterocycles. The first-order valence-corrected chi connectivity index (χ1v) is 15.7. The fourth-order valence-electron chi connectivity index (χ4n) is 6.09. The maximum atomic E-state index is 16.1. The highest BCUT2D eigenvalue weighted by Gasteiger charge is 2.51. The smallest absolute Gasteiger partial charge is 0.267 e. The van der Waals surface area contributed by atoms with Gasteiger partial charge in [-0.1, -0.05) is 68.3 Å². The number of benzene rings is 4. The van der Waals surface area contributed by atoms with Gasteiger partial charge in [0.2, 0.25) is 0 Å². The minimum atomic E-state index is -6.42.